The maximum absolute atomic E-state index is 11.1. The highest BCUT2D eigenvalue weighted by Gasteiger charge is 2.20. The molecule has 3 nitrogen and oxygen atoms in total. The number of hydrogen-bond donors (Lipinski definition) is 1. The number of nitrogens with zero attached hydrogens (tertiary/aromatic N) is 1. The molecule has 0 radical (unpaired) electrons. The van der Waals surface area contributed by atoms with Crippen molar-refractivity contribution < 1.29 is 4.79 Å². The minimum Gasteiger partial charge on any atom is -0.352 e. The largest absolute Gasteiger partial charge is 0.352 e. The van der Waals surface area contributed by atoms with E-state index in [1.54, 1.807) is 6.92 Å². The van der Waals surface area contributed by atoms with E-state index < -0.39 is 0 Å². The van der Waals surface area contributed by atoms with Crippen molar-refractivity contribution in [3.63, 3.8) is 0 Å². The van der Waals surface area contributed by atoms with Crippen LogP contribution in [0.3, 0.4) is 0 Å². The molecule has 1 aromatic carbocycles. The fourth-order valence-corrected chi connectivity index (χ4v) is 2.99. The molecule has 1 amide bonds. The van der Waals surface area contributed by atoms with Gasteiger partial charge >= 0.3 is 0 Å². The summed E-state index contributed by atoms with van der Waals surface area (Å²) in [4.78, 5) is 13.6. The van der Waals surface area contributed by atoms with E-state index in [9.17, 15) is 4.79 Å². The van der Waals surface area contributed by atoms with Crippen molar-refractivity contribution >= 4 is 5.91 Å². The zero-order chi connectivity index (χ0) is 14.4. The predicted molar refractivity (Wildman–Crippen MR) is 82.8 cm³/mol. The van der Waals surface area contributed by atoms with Crippen LogP contribution in [0.25, 0.3) is 0 Å². The lowest BCUT2D eigenvalue weighted by molar-refractivity contribution is -0.120. The van der Waals surface area contributed by atoms with E-state index in [0.29, 0.717) is 12.0 Å². The smallest absolute Gasteiger partial charge is 0.217 e. The van der Waals surface area contributed by atoms with Crippen molar-refractivity contribution in [2.75, 3.05) is 19.6 Å². The number of amides is 1. The van der Waals surface area contributed by atoms with Crippen LogP contribution in [0.15, 0.2) is 30.3 Å². The Kier molecular flexibility index (Phi) is 5.60. The quantitative estimate of drug-likeness (QED) is 0.895. The minimum absolute atomic E-state index is 0.0921. The highest BCUT2D eigenvalue weighted by Crippen LogP contribution is 2.20. The van der Waals surface area contributed by atoms with Gasteiger partial charge in [0.15, 0.2) is 0 Å². The first-order valence-electron chi connectivity index (χ1n) is 7.69. The normalized spacial score (nSPS) is 21.4. The molecule has 1 aliphatic rings. The molecule has 1 N–H and O–H groups in total. The Labute approximate surface area is 122 Å². The third-order valence-corrected chi connectivity index (χ3v) is 4.16. The molecule has 0 aromatic heterocycles. The van der Waals surface area contributed by atoms with Gasteiger partial charge in [-0.25, -0.2) is 0 Å². The van der Waals surface area contributed by atoms with Crippen LogP contribution < -0.4 is 5.32 Å². The topological polar surface area (TPSA) is 32.3 Å². The molecule has 20 heavy (non-hydrogen) atoms. The number of likely N-dealkylation sites (tertiary alicyclic amines) is 1. The first-order valence-corrected chi connectivity index (χ1v) is 7.69. The molecule has 0 spiro atoms. The molecule has 1 saturated heterocycles. The Morgan fingerprint density at radius 1 is 1.40 bits per heavy atom. The summed E-state index contributed by atoms with van der Waals surface area (Å²) in [6.45, 7) is 7.19. The number of benzene rings is 1. The summed E-state index contributed by atoms with van der Waals surface area (Å²) in [5.41, 5.74) is 1.42. The highest BCUT2D eigenvalue weighted by molar-refractivity contribution is 5.73. The molecule has 2 atom stereocenters. The van der Waals surface area contributed by atoms with Crippen LogP contribution in [0, 0.1) is 0 Å². The van der Waals surface area contributed by atoms with E-state index in [-0.39, 0.29) is 5.91 Å². The first-order chi connectivity index (χ1) is 9.65. The molecule has 0 bridgehead atoms. The molecule has 0 aliphatic carbocycles. The van der Waals surface area contributed by atoms with Gasteiger partial charge in [-0.3, -0.25) is 4.79 Å². The molecule has 2 rings (SSSR count). The third-order valence-electron chi connectivity index (χ3n) is 4.16. The summed E-state index contributed by atoms with van der Waals surface area (Å²) < 4.78 is 0. The summed E-state index contributed by atoms with van der Waals surface area (Å²) in [7, 11) is 0. The van der Waals surface area contributed by atoms with Crippen molar-refractivity contribution in [1.29, 1.82) is 0 Å². The average Bonchev–Trinajstić information content (AvgIpc) is 2.45. The second kappa shape index (κ2) is 7.44. The predicted octanol–water partition coefficient (Wildman–Crippen LogP) is 2.78. The molecule has 1 aromatic rings. The zero-order valence-electron chi connectivity index (χ0n) is 12.6. The van der Waals surface area contributed by atoms with E-state index in [1.165, 1.54) is 18.4 Å². The van der Waals surface area contributed by atoms with Gasteiger partial charge in [0.2, 0.25) is 5.91 Å². The van der Waals surface area contributed by atoms with Gasteiger partial charge in [0.05, 0.1) is 0 Å². The van der Waals surface area contributed by atoms with Crippen molar-refractivity contribution in [3.8, 4) is 0 Å². The number of piperidine rings is 1. The lowest BCUT2D eigenvalue weighted by Crippen LogP contribution is -2.47. The molecular weight excluding hydrogens is 248 g/mol. The molecule has 1 fully saturated rings. The fraction of sp³-hybridized carbons (Fsp3) is 0.588. The van der Waals surface area contributed by atoms with Crippen LogP contribution in [-0.4, -0.2) is 36.5 Å². The second-order valence-corrected chi connectivity index (χ2v) is 5.94. The van der Waals surface area contributed by atoms with Gasteiger partial charge in [0, 0.05) is 19.5 Å². The lowest BCUT2D eigenvalue weighted by atomic mass is 9.97. The fourth-order valence-electron chi connectivity index (χ4n) is 2.99. The maximum Gasteiger partial charge on any atom is 0.217 e. The lowest BCUT2D eigenvalue weighted by Gasteiger charge is -2.33. The van der Waals surface area contributed by atoms with E-state index in [2.05, 4.69) is 47.5 Å². The number of nitrogens with one attached hydrogen (secondary N) is 1. The molecule has 0 saturated carbocycles. The van der Waals surface area contributed by atoms with E-state index in [4.69, 9.17) is 0 Å². The monoisotopic (exact) mass is 274 g/mol. The number of carbonyl (C=O) groups excluding carboxylic acids is 1. The van der Waals surface area contributed by atoms with E-state index >= 15 is 0 Å². The van der Waals surface area contributed by atoms with Crippen molar-refractivity contribution in [3.05, 3.63) is 35.9 Å². The standard InChI is InChI=1S/C17H26N2O/c1-14(16-7-4-3-5-8-16)10-12-19-11-6-9-17(13-19)18-15(2)20/h3-5,7-8,14,17H,6,9-13H2,1-2H3,(H,18,20)/t14-,17+/m0/s1. The van der Waals surface area contributed by atoms with Crippen molar-refractivity contribution in [2.24, 2.45) is 0 Å². The van der Waals surface area contributed by atoms with Gasteiger partial charge < -0.3 is 10.2 Å². The SMILES string of the molecule is CC(=O)N[C@@H]1CCCN(CC[C@H](C)c2ccccc2)C1. The van der Waals surface area contributed by atoms with Crippen LogP contribution in [0.5, 0.6) is 0 Å². The molecule has 1 aliphatic heterocycles. The Morgan fingerprint density at radius 2 is 2.15 bits per heavy atom. The highest BCUT2D eigenvalue weighted by atomic mass is 16.1. The van der Waals surface area contributed by atoms with Gasteiger partial charge in [-0.1, -0.05) is 37.3 Å². The summed E-state index contributed by atoms with van der Waals surface area (Å²) >= 11 is 0. The Hall–Kier alpha value is -1.35. The Morgan fingerprint density at radius 3 is 2.85 bits per heavy atom. The minimum atomic E-state index is 0.0921. The average molecular weight is 274 g/mol. The molecule has 1 heterocycles. The van der Waals surface area contributed by atoms with Gasteiger partial charge in [0.1, 0.15) is 0 Å². The van der Waals surface area contributed by atoms with Crippen molar-refractivity contribution in [2.45, 2.75) is 45.1 Å². The summed E-state index contributed by atoms with van der Waals surface area (Å²) in [6.07, 6.45) is 3.48. The summed E-state index contributed by atoms with van der Waals surface area (Å²) in [6, 6.07) is 11.0. The van der Waals surface area contributed by atoms with Gasteiger partial charge in [-0.15, -0.1) is 0 Å². The van der Waals surface area contributed by atoms with Crippen LogP contribution in [0.4, 0.5) is 0 Å². The molecular formula is C17H26N2O. The summed E-state index contributed by atoms with van der Waals surface area (Å²) in [5, 5.41) is 3.05. The van der Waals surface area contributed by atoms with Crippen LogP contribution in [0.1, 0.15) is 44.6 Å². The second-order valence-electron chi connectivity index (χ2n) is 5.94. The number of rotatable bonds is 5. The van der Waals surface area contributed by atoms with Gasteiger partial charge in [-0.05, 0) is 43.8 Å². The zero-order valence-corrected chi connectivity index (χ0v) is 12.6. The van der Waals surface area contributed by atoms with Crippen LogP contribution in [-0.2, 0) is 4.79 Å². The summed E-state index contributed by atoms with van der Waals surface area (Å²) in [5.74, 6) is 0.687. The Bertz CT molecular complexity index is 418. The Balaban J connectivity index is 1.77. The maximum atomic E-state index is 11.1. The van der Waals surface area contributed by atoms with Gasteiger partial charge in [0.25, 0.3) is 0 Å². The first kappa shape index (κ1) is 15.0. The van der Waals surface area contributed by atoms with Crippen LogP contribution >= 0.6 is 0 Å². The van der Waals surface area contributed by atoms with Crippen LogP contribution in [0.2, 0.25) is 0 Å². The van der Waals surface area contributed by atoms with E-state index in [0.717, 1.165) is 26.1 Å². The molecule has 110 valence electrons. The van der Waals surface area contributed by atoms with E-state index in [1.807, 2.05) is 0 Å². The third kappa shape index (κ3) is 4.64. The van der Waals surface area contributed by atoms with Gasteiger partial charge in [-0.2, -0.15) is 0 Å². The number of hydrogen-bond acceptors (Lipinski definition) is 2. The number of carbonyl (C=O) groups is 1. The molecule has 3 heteroatoms. The van der Waals surface area contributed by atoms with Crippen molar-refractivity contribution in [1.82, 2.24) is 10.2 Å². The molecule has 0 unspecified atom stereocenters.